The van der Waals surface area contributed by atoms with Crippen LogP contribution in [0.25, 0.3) is 0 Å². The van der Waals surface area contributed by atoms with Gasteiger partial charge in [0.05, 0.1) is 12.2 Å². The van der Waals surface area contributed by atoms with Crippen LogP contribution in [0.3, 0.4) is 0 Å². The van der Waals surface area contributed by atoms with E-state index in [4.69, 9.17) is 9.47 Å². The van der Waals surface area contributed by atoms with E-state index in [0.717, 1.165) is 22.3 Å². The molecule has 73 heavy (non-hydrogen) atoms. The fourth-order valence-electron chi connectivity index (χ4n) is 8.01. The number of aliphatic carboxylic acids is 1. The van der Waals surface area contributed by atoms with Crippen LogP contribution in [0.15, 0.2) is 121 Å². The summed E-state index contributed by atoms with van der Waals surface area (Å²) < 4.78 is 11.3. The Hall–Kier alpha value is -7.07. The number of amides is 6. The van der Waals surface area contributed by atoms with Crippen molar-refractivity contribution in [3.63, 3.8) is 0 Å². The average molecular weight is 1010 g/mol. The fourth-order valence-corrected chi connectivity index (χ4v) is 8.01. The van der Waals surface area contributed by atoms with E-state index in [-0.39, 0.29) is 38.7 Å². The predicted octanol–water partition coefficient (Wildman–Crippen LogP) is 7.23. The number of carboxylic acids is 1. The van der Waals surface area contributed by atoms with Gasteiger partial charge in [-0.05, 0) is 89.5 Å². The molecule has 4 atom stereocenters. The van der Waals surface area contributed by atoms with Crippen molar-refractivity contribution in [1.29, 1.82) is 0 Å². The summed E-state index contributed by atoms with van der Waals surface area (Å²) in [6, 6.07) is 32.2. The highest BCUT2D eigenvalue weighted by atomic mass is 16.6. The highest BCUT2D eigenvalue weighted by Gasteiger charge is 2.39. The second kappa shape index (κ2) is 28.8. The monoisotopic (exact) mass is 1000 g/mol. The summed E-state index contributed by atoms with van der Waals surface area (Å²) in [5, 5.41) is 27.0. The zero-order chi connectivity index (χ0) is 53.4. The largest absolute Gasteiger partial charge is 0.480 e. The van der Waals surface area contributed by atoms with E-state index in [0.29, 0.717) is 38.6 Å². The highest BCUT2D eigenvalue weighted by molar-refractivity contribution is 5.95. The molecule has 0 saturated heterocycles. The van der Waals surface area contributed by atoms with E-state index in [2.05, 4.69) is 31.9 Å². The first-order valence-corrected chi connectivity index (χ1v) is 25.3. The van der Waals surface area contributed by atoms with Gasteiger partial charge in [0.1, 0.15) is 35.3 Å². The molecule has 0 heterocycles. The molecule has 394 valence electrons. The number of hydrogen-bond donors (Lipinski definition) is 7. The van der Waals surface area contributed by atoms with Crippen LogP contribution in [0, 0.1) is 0 Å². The molecule has 4 aromatic rings. The van der Waals surface area contributed by atoms with E-state index in [1.54, 1.807) is 53.7 Å². The Kier molecular flexibility index (Phi) is 23.1. The van der Waals surface area contributed by atoms with Gasteiger partial charge in [0.25, 0.3) is 0 Å². The van der Waals surface area contributed by atoms with Gasteiger partial charge < -0.3 is 46.5 Å². The standard InChI is InChI=1S/C57H76N6O10/c1-8-9-33-45(53(69)70)61-50(66)44(35-36-49(65)63-57(41-27-17-11-18-28-41,42-29-19-12-20-30-42)43-31-21-13-22-32-43)60-52(68)47(39-72-55(2,3)4)62-51(67)46(38-40-25-15-10-16-26-40)59-48(64)34-23-14-24-37-58-54(71)73-56(5,6)7/h10-13,15-22,25-32,44-47H,8-9,14,23-24,33-39H2,1-7H3,(H,58,71)(H,59,64)(H,60,68)(H,61,66)(H,62,67)(H,63,65)(H,69,70)/t44-,45-,46-,47-/m0/s1. The lowest BCUT2D eigenvalue weighted by Gasteiger charge is -2.37. The van der Waals surface area contributed by atoms with Gasteiger partial charge in [0, 0.05) is 25.8 Å². The third-order valence-electron chi connectivity index (χ3n) is 11.7. The maximum Gasteiger partial charge on any atom is 0.407 e. The molecule has 0 radical (unpaired) electrons. The molecule has 7 N–H and O–H groups in total. The van der Waals surface area contributed by atoms with Crippen LogP contribution < -0.4 is 31.9 Å². The van der Waals surface area contributed by atoms with Crippen LogP contribution in [-0.2, 0) is 50.2 Å². The smallest absolute Gasteiger partial charge is 0.407 e. The molecule has 0 fully saturated rings. The van der Waals surface area contributed by atoms with Crippen LogP contribution in [-0.4, -0.2) is 95.2 Å². The van der Waals surface area contributed by atoms with Crippen LogP contribution in [0.5, 0.6) is 0 Å². The Bertz CT molecular complexity index is 2280. The van der Waals surface area contributed by atoms with Crippen LogP contribution in [0.1, 0.15) is 129 Å². The summed E-state index contributed by atoms with van der Waals surface area (Å²) in [5.74, 6) is -4.49. The zero-order valence-corrected chi connectivity index (χ0v) is 43.5. The van der Waals surface area contributed by atoms with Gasteiger partial charge in [-0.2, -0.15) is 0 Å². The van der Waals surface area contributed by atoms with E-state index < -0.39 is 82.5 Å². The molecule has 0 spiro atoms. The lowest BCUT2D eigenvalue weighted by atomic mass is 9.77. The minimum Gasteiger partial charge on any atom is -0.480 e. The van der Waals surface area contributed by atoms with Crippen LogP contribution in [0.4, 0.5) is 4.79 Å². The van der Waals surface area contributed by atoms with Crippen molar-refractivity contribution in [1.82, 2.24) is 31.9 Å². The summed E-state index contributed by atoms with van der Waals surface area (Å²) in [7, 11) is 0. The molecule has 0 aliphatic heterocycles. The lowest BCUT2D eigenvalue weighted by Crippen LogP contribution is -2.59. The first-order chi connectivity index (χ1) is 34.7. The Labute approximate surface area is 430 Å². The number of hydrogen-bond acceptors (Lipinski definition) is 9. The molecule has 4 rings (SSSR count). The minimum absolute atomic E-state index is 0.0810. The molecule has 0 aliphatic rings. The molecule has 0 aliphatic carbocycles. The van der Waals surface area contributed by atoms with Gasteiger partial charge in [-0.3, -0.25) is 24.0 Å². The van der Waals surface area contributed by atoms with E-state index in [1.165, 1.54) is 0 Å². The molecule has 16 nitrogen and oxygen atoms in total. The number of alkyl carbamates (subject to hydrolysis) is 1. The number of carbonyl (C=O) groups excluding carboxylic acids is 6. The first kappa shape index (κ1) is 58.5. The number of ether oxygens (including phenoxy) is 2. The van der Waals surface area contributed by atoms with Gasteiger partial charge in [-0.25, -0.2) is 9.59 Å². The van der Waals surface area contributed by atoms with Gasteiger partial charge in [-0.15, -0.1) is 0 Å². The third kappa shape index (κ3) is 20.2. The van der Waals surface area contributed by atoms with Crippen molar-refractivity contribution in [2.24, 2.45) is 0 Å². The maximum absolute atomic E-state index is 14.5. The predicted molar refractivity (Wildman–Crippen MR) is 280 cm³/mol. The van der Waals surface area contributed by atoms with Gasteiger partial charge in [0.15, 0.2) is 0 Å². The Morgan fingerprint density at radius 2 is 1.01 bits per heavy atom. The minimum atomic E-state index is -1.45. The van der Waals surface area contributed by atoms with Crippen molar-refractivity contribution in [2.45, 2.75) is 154 Å². The van der Waals surface area contributed by atoms with Crippen molar-refractivity contribution < 1.29 is 48.1 Å². The molecule has 16 heteroatoms. The summed E-state index contributed by atoms with van der Waals surface area (Å²) >= 11 is 0. The van der Waals surface area contributed by atoms with Crippen molar-refractivity contribution in [3.8, 4) is 0 Å². The summed E-state index contributed by atoms with van der Waals surface area (Å²) in [6.45, 7) is 12.5. The molecule has 0 aromatic heterocycles. The molecular weight excluding hydrogens is 929 g/mol. The molecule has 4 aromatic carbocycles. The first-order valence-electron chi connectivity index (χ1n) is 25.3. The van der Waals surface area contributed by atoms with E-state index >= 15 is 0 Å². The summed E-state index contributed by atoms with van der Waals surface area (Å²) in [5.41, 5.74) is 0.465. The normalized spacial score (nSPS) is 13.2. The van der Waals surface area contributed by atoms with Crippen molar-refractivity contribution in [3.05, 3.63) is 144 Å². The lowest BCUT2D eigenvalue weighted by molar-refractivity contribution is -0.143. The number of carbonyl (C=O) groups is 7. The molecule has 6 amide bonds. The molecule has 0 saturated carbocycles. The third-order valence-corrected chi connectivity index (χ3v) is 11.7. The number of carboxylic acid groups (broad SMARTS) is 1. The quantitative estimate of drug-likeness (QED) is 0.0223. The number of benzene rings is 4. The maximum atomic E-state index is 14.5. The number of unbranched alkanes of at least 4 members (excludes halogenated alkanes) is 3. The SMILES string of the molecule is CCCC[C@H](NC(=O)[C@H](CCC(=O)NC(c1ccccc1)(c1ccccc1)c1ccccc1)NC(=O)[C@H](COC(C)(C)C)NC(=O)[C@H](Cc1ccccc1)NC(=O)CCCCCNC(=O)OC(C)(C)C)C(=O)O. The molecule has 0 bridgehead atoms. The van der Waals surface area contributed by atoms with Crippen LogP contribution in [0.2, 0.25) is 0 Å². The van der Waals surface area contributed by atoms with Crippen molar-refractivity contribution in [2.75, 3.05) is 13.2 Å². The Balaban J connectivity index is 1.59. The van der Waals surface area contributed by atoms with E-state index in [1.807, 2.05) is 116 Å². The van der Waals surface area contributed by atoms with Crippen LogP contribution >= 0.6 is 0 Å². The second-order valence-corrected chi connectivity index (χ2v) is 20.1. The summed E-state index contributed by atoms with van der Waals surface area (Å²) in [6.07, 6.45) is 2.08. The topological polar surface area (TPSA) is 230 Å². The number of rotatable bonds is 28. The Morgan fingerprint density at radius 3 is 1.52 bits per heavy atom. The zero-order valence-electron chi connectivity index (χ0n) is 43.5. The molecular formula is C57H76N6O10. The van der Waals surface area contributed by atoms with E-state index in [9.17, 15) is 38.7 Å². The summed E-state index contributed by atoms with van der Waals surface area (Å²) in [4.78, 5) is 95.4. The fraction of sp³-hybridized carbons (Fsp3) is 0.456. The Morgan fingerprint density at radius 1 is 0.521 bits per heavy atom. The highest BCUT2D eigenvalue weighted by Crippen LogP contribution is 2.37. The van der Waals surface area contributed by atoms with Gasteiger partial charge >= 0.3 is 12.1 Å². The average Bonchev–Trinajstić information content (AvgIpc) is 3.35. The van der Waals surface area contributed by atoms with Gasteiger partial charge in [-0.1, -0.05) is 148 Å². The second-order valence-electron chi connectivity index (χ2n) is 20.1. The molecule has 0 unspecified atom stereocenters. The number of nitrogens with one attached hydrogen (secondary N) is 6. The van der Waals surface area contributed by atoms with Crippen molar-refractivity contribution >= 4 is 41.6 Å². The van der Waals surface area contributed by atoms with Gasteiger partial charge in [0.2, 0.25) is 29.5 Å².